The summed E-state index contributed by atoms with van der Waals surface area (Å²) in [5.41, 5.74) is 3.91. The van der Waals surface area contributed by atoms with Crippen LogP contribution in [-0.4, -0.2) is 41.3 Å². The Labute approximate surface area is 173 Å². The van der Waals surface area contributed by atoms with E-state index in [-0.39, 0.29) is 0 Å². The minimum Gasteiger partial charge on any atom is -0.345 e. The van der Waals surface area contributed by atoms with Crippen LogP contribution < -0.4 is 4.72 Å². The van der Waals surface area contributed by atoms with Crippen LogP contribution >= 0.6 is 11.9 Å². The van der Waals surface area contributed by atoms with Gasteiger partial charge in [-0.05, 0) is 43.4 Å². The van der Waals surface area contributed by atoms with E-state index in [1.165, 1.54) is 6.42 Å². The summed E-state index contributed by atoms with van der Waals surface area (Å²) in [6.45, 7) is 2.28. The molecular formula is C21H25N7S. The zero-order valence-corrected chi connectivity index (χ0v) is 17.3. The molecule has 3 unspecified atom stereocenters. The van der Waals surface area contributed by atoms with E-state index in [1.807, 2.05) is 36.5 Å². The van der Waals surface area contributed by atoms with Gasteiger partial charge in [-0.3, -0.25) is 14.1 Å². The van der Waals surface area contributed by atoms with Crippen molar-refractivity contribution in [1.29, 1.82) is 0 Å². The maximum Gasteiger partial charge on any atom is 0.179 e. The van der Waals surface area contributed by atoms with Crippen molar-refractivity contribution in [2.45, 2.75) is 44.6 Å². The molecule has 2 N–H and O–H groups in total. The van der Waals surface area contributed by atoms with E-state index in [1.54, 1.807) is 6.20 Å². The molecule has 0 radical (unpaired) electrons. The largest absolute Gasteiger partial charge is 0.345 e. The third-order valence-corrected chi connectivity index (χ3v) is 6.86. The van der Waals surface area contributed by atoms with Gasteiger partial charge in [0.15, 0.2) is 11.3 Å². The second-order valence-corrected chi connectivity index (χ2v) is 8.63. The van der Waals surface area contributed by atoms with E-state index in [9.17, 15) is 0 Å². The van der Waals surface area contributed by atoms with Crippen LogP contribution in [0.1, 0.15) is 43.6 Å². The molecular weight excluding hydrogens is 382 g/mol. The van der Waals surface area contributed by atoms with Crippen molar-refractivity contribution in [3.8, 4) is 0 Å². The van der Waals surface area contributed by atoms with Crippen molar-refractivity contribution < 1.29 is 0 Å². The highest BCUT2D eigenvalue weighted by Crippen LogP contribution is 2.41. The summed E-state index contributed by atoms with van der Waals surface area (Å²) in [6.07, 6.45) is 9.99. The van der Waals surface area contributed by atoms with Crippen molar-refractivity contribution in [2.24, 2.45) is 5.92 Å². The molecule has 0 saturated heterocycles. The number of nitrogens with one attached hydrogen (secondary N) is 2. The summed E-state index contributed by atoms with van der Waals surface area (Å²) >= 11 is 1.82. The van der Waals surface area contributed by atoms with Crippen molar-refractivity contribution in [3.05, 3.63) is 54.4 Å². The Morgan fingerprint density at radius 1 is 1.21 bits per heavy atom. The number of aromatic nitrogens is 6. The average Bonchev–Trinajstić information content (AvgIpc) is 3.48. The van der Waals surface area contributed by atoms with Crippen molar-refractivity contribution >= 4 is 28.8 Å². The van der Waals surface area contributed by atoms with Gasteiger partial charge in [-0.15, -0.1) is 10.2 Å². The van der Waals surface area contributed by atoms with Gasteiger partial charge in [0, 0.05) is 35.8 Å². The van der Waals surface area contributed by atoms with Gasteiger partial charge in [0.2, 0.25) is 0 Å². The smallest absolute Gasteiger partial charge is 0.179 e. The molecule has 0 aliphatic heterocycles. The summed E-state index contributed by atoms with van der Waals surface area (Å²) in [4.78, 5) is 12.0. The number of aryl methyl sites for hydroxylation is 1. The Hall–Kier alpha value is -2.45. The molecule has 4 aromatic heterocycles. The summed E-state index contributed by atoms with van der Waals surface area (Å²) in [5.74, 6) is 3.11. The Bertz CT molecular complexity index is 1090. The number of fused-ring (bicyclic) bond motifs is 3. The van der Waals surface area contributed by atoms with Crippen LogP contribution in [0.2, 0.25) is 0 Å². The molecule has 1 aliphatic carbocycles. The molecule has 29 heavy (non-hydrogen) atoms. The molecule has 1 aliphatic rings. The molecule has 3 atom stereocenters. The first-order chi connectivity index (χ1) is 14.3. The lowest BCUT2D eigenvalue weighted by molar-refractivity contribution is 0.449. The number of hydrogen-bond donors (Lipinski definition) is 2. The molecule has 0 amide bonds. The topological polar surface area (TPSA) is 83.8 Å². The third-order valence-electron chi connectivity index (χ3n) is 5.95. The predicted octanol–water partition coefficient (Wildman–Crippen LogP) is 3.75. The SMILES string of the molecule is CCC1CC(NSCCc2ccccn2)CC1c1nnc2cnc3[nH]ccc3n12. The third kappa shape index (κ3) is 3.62. The highest BCUT2D eigenvalue weighted by Gasteiger charge is 2.37. The van der Waals surface area contributed by atoms with Crippen LogP contribution in [-0.2, 0) is 6.42 Å². The van der Waals surface area contributed by atoms with Crippen LogP contribution in [0.4, 0.5) is 0 Å². The number of hydrogen-bond acceptors (Lipinski definition) is 6. The van der Waals surface area contributed by atoms with Crippen LogP contribution in [0.25, 0.3) is 16.8 Å². The lowest BCUT2D eigenvalue weighted by Gasteiger charge is -2.16. The lowest BCUT2D eigenvalue weighted by Crippen LogP contribution is -2.20. The van der Waals surface area contributed by atoms with Gasteiger partial charge >= 0.3 is 0 Å². The Kier molecular flexibility index (Phi) is 5.20. The van der Waals surface area contributed by atoms with Crippen LogP contribution in [0.5, 0.6) is 0 Å². The van der Waals surface area contributed by atoms with Gasteiger partial charge < -0.3 is 4.98 Å². The van der Waals surface area contributed by atoms with Gasteiger partial charge in [-0.2, -0.15) is 0 Å². The van der Waals surface area contributed by atoms with Crippen LogP contribution in [0.15, 0.2) is 42.9 Å². The number of nitrogens with zero attached hydrogens (tertiary/aromatic N) is 5. The Morgan fingerprint density at radius 2 is 2.17 bits per heavy atom. The van der Waals surface area contributed by atoms with Gasteiger partial charge in [0.05, 0.1) is 11.7 Å². The molecule has 5 rings (SSSR count). The first-order valence-electron chi connectivity index (χ1n) is 10.3. The molecule has 0 aromatic carbocycles. The maximum absolute atomic E-state index is 4.59. The first kappa shape index (κ1) is 18.6. The standard InChI is InChI=1S/C21H25N7S/c1-2-14-11-16(27-29-10-7-15-5-3-4-8-22-15)12-17(14)21-26-25-19-13-24-20-18(28(19)21)6-9-23-20/h3-6,8-9,13-14,16-17,23,27H,2,7,10-12H2,1H3. The van der Waals surface area contributed by atoms with E-state index in [0.29, 0.717) is 17.9 Å². The number of rotatable bonds is 7. The zero-order chi connectivity index (χ0) is 19.6. The van der Waals surface area contributed by atoms with Crippen LogP contribution in [0.3, 0.4) is 0 Å². The number of H-pyrrole nitrogens is 1. The number of pyridine rings is 1. The van der Waals surface area contributed by atoms with E-state index in [0.717, 1.165) is 53.3 Å². The molecule has 7 nitrogen and oxygen atoms in total. The molecule has 4 aromatic rings. The first-order valence-corrected chi connectivity index (χ1v) is 11.3. The van der Waals surface area contributed by atoms with Gasteiger partial charge in [0.1, 0.15) is 5.82 Å². The molecule has 1 fully saturated rings. The second kappa shape index (κ2) is 8.12. The highest BCUT2D eigenvalue weighted by molar-refractivity contribution is 7.97. The second-order valence-electron chi connectivity index (χ2n) is 7.70. The summed E-state index contributed by atoms with van der Waals surface area (Å²) in [7, 11) is 0. The molecule has 1 saturated carbocycles. The molecule has 150 valence electrons. The molecule has 8 heteroatoms. The number of aromatic amines is 1. The quantitative estimate of drug-likeness (QED) is 0.359. The molecule has 0 spiro atoms. The van der Waals surface area contributed by atoms with E-state index in [2.05, 4.69) is 53.3 Å². The lowest BCUT2D eigenvalue weighted by atomic mass is 9.93. The highest BCUT2D eigenvalue weighted by atomic mass is 32.2. The van der Waals surface area contributed by atoms with Crippen molar-refractivity contribution in [3.63, 3.8) is 0 Å². The fraction of sp³-hybridized carbons (Fsp3) is 0.429. The van der Waals surface area contributed by atoms with E-state index in [4.69, 9.17) is 0 Å². The summed E-state index contributed by atoms with van der Waals surface area (Å²) in [5, 5.41) is 8.99. The fourth-order valence-electron chi connectivity index (χ4n) is 4.51. The minimum atomic E-state index is 0.407. The van der Waals surface area contributed by atoms with Gasteiger partial charge in [0.25, 0.3) is 0 Å². The Morgan fingerprint density at radius 3 is 3.03 bits per heavy atom. The zero-order valence-electron chi connectivity index (χ0n) is 16.5. The maximum atomic E-state index is 4.59. The summed E-state index contributed by atoms with van der Waals surface area (Å²) in [6, 6.07) is 8.65. The fourth-order valence-corrected chi connectivity index (χ4v) is 5.36. The van der Waals surface area contributed by atoms with Crippen LogP contribution in [0, 0.1) is 5.92 Å². The van der Waals surface area contributed by atoms with Gasteiger partial charge in [-0.1, -0.05) is 31.4 Å². The van der Waals surface area contributed by atoms with E-state index < -0.39 is 0 Å². The molecule has 0 bridgehead atoms. The monoisotopic (exact) mass is 407 g/mol. The normalized spacial score (nSPS) is 22.0. The minimum absolute atomic E-state index is 0.407. The van der Waals surface area contributed by atoms with E-state index >= 15 is 0 Å². The predicted molar refractivity (Wildman–Crippen MR) is 116 cm³/mol. The Balaban J connectivity index is 1.29. The summed E-state index contributed by atoms with van der Waals surface area (Å²) < 4.78 is 5.88. The average molecular weight is 408 g/mol. The molecule has 4 heterocycles. The van der Waals surface area contributed by atoms with Gasteiger partial charge in [-0.25, -0.2) is 4.98 Å². The van der Waals surface area contributed by atoms with Crippen molar-refractivity contribution in [1.82, 2.24) is 34.3 Å². The van der Waals surface area contributed by atoms with Crippen molar-refractivity contribution in [2.75, 3.05) is 5.75 Å².